The molecule has 0 bridgehead atoms. The van der Waals surface area contributed by atoms with Gasteiger partial charge >= 0.3 is 0 Å². The molecule has 0 spiro atoms. The van der Waals surface area contributed by atoms with Crippen molar-refractivity contribution in [1.29, 1.82) is 0 Å². The molecule has 0 aromatic heterocycles. The van der Waals surface area contributed by atoms with Crippen molar-refractivity contribution in [3.8, 4) is 5.75 Å². The molecule has 4 N–H and O–H groups in total. The maximum Gasteiger partial charge on any atom is 0.118 e. The number of hydrazine groups is 1. The van der Waals surface area contributed by atoms with Crippen molar-refractivity contribution >= 4 is 17.4 Å². The number of benzene rings is 1. The molecule has 0 aliphatic rings. The highest BCUT2D eigenvalue weighted by molar-refractivity contribution is 7.98. The zero-order valence-corrected chi connectivity index (χ0v) is 6.98. The predicted octanol–water partition coefficient (Wildman–Crippen LogP) is 1.40. The number of hydrogen-bond donors (Lipinski definition) is 3. The fourth-order valence-corrected chi connectivity index (χ4v) is 1.27. The third-order valence-electron chi connectivity index (χ3n) is 1.29. The fourth-order valence-electron chi connectivity index (χ4n) is 0.785. The molecule has 1 rings (SSSR count). The second-order valence-electron chi connectivity index (χ2n) is 2.06. The number of hydrogen-bond acceptors (Lipinski definition) is 4. The number of nitrogen functional groups attached to an aromatic ring is 1. The second-order valence-corrected chi connectivity index (χ2v) is 2.94. The van der Waals surface area contributed by atoms with Crippen molar-refractivity contribution in [2.24, 2.45) is 5.84 Å². The van der Waals surface area contributed by atoms with Crippen LogP contribution in [0.15, 0.2) is 23.1 Å². The Kier molecular flexibility index (Phi) is 2.62. The smallest absolute Gasteiger partial charge is 0.118 e. The van der Waals surface area contributed by atoms with Crippen LogP contribution in [-0.4, -0.2) is 11.4 Å². The summed E-state index contributed by atoms with van der Waals surface area (Å²) in [4.78, 5) is 0.984. The van der Waals surface area contributed by atoms with E-state index in [-0.39, 0.29) is 5.75 Å². The van der Waals surface area contributed by atoms with E-state index in [1.165, 1.54) is 0 Å². The molecular weight excluding hydrogens is 160 g/mol. The van der Waals surface area contributed by atoms with E-state index in [1.807, 2.05) is 12.3 Å². The van der Waals surface area contributed by atoms with Gasteiger partial charge in [0, 0.05) is 11.0 Å². The van der Waals surface area contributed by atoms with Crippen LogP contribution in [0, 0.1) is 0 Å². The van der Waals surface area contributed by atoms with Gasteiger partial charge in [0.15, 0.2) is 0 Å². The molecule has 0 saturated heterocycles. The monoisotopic (exact) mass is 170 g/mol. The quantitative estimate of drug-likeness (QED) is 0.357. The molecule has 4 heteroatoms. The molecule has 3 nitrogen and oxygen atoms in total. The van der Waals surface area contributed by atoms with Crippen LogP contribution in [0.25, 0.3) is 0 Å². The van der Waals surface area contributed by atoms with Crippen molar-refractivity contribution in [3.63, 3.8) is 0 Å². The molecule has 11 heavy (non-hydrogen) atoms. The molecule has 0 unspecified atom stereocenters. The molecule has 0 aliphatic heterocycles. The number of anilines is 1. The minimum absolute atomic E-state index is 0.227. The summed E-state index contributed by atoms with van der Waals surface area (Å²) in [5.74, 6) is 5.40. The molecular formula is C7H10N2OS. The SMILES string of the molecule is CSc1cc(O)cc(NN)c1. The average Bonchev–Trinajstić information content (AvgIpc) is 2.03. The van der Waals surface area contributed by atoms with Crippen LogP contribution in [0.2, 0.25) is 0 Å². The van der Waals surface area contributed by atoms with Crippen molar-refractivity contribution in [1.82, 2.24) is 0 Å². The number of nitrogens with two attached hydrogens (primary N) is 1. The average molecular weight is 170 g/mol. The van der Waals surface area contributed by atoms with Gasteiger partial charge in [-0.3, -0.25) is 5.84 Å². The Hall–Kier alpha value is -0.870. The summed E-state index contributed by atoms with van der Waals surface area (Å²) in [6.45, 7) is 0. The van der Waals surface area contributed by atoms with Crippen LogP contribution >= 0.6 is 11.8 Å². The van der Waals surface area contributed by atoms with Crippen LogP contribution < -0.4 is 11.3 Å². The highest BCUT2D eigenvalue weighted by Gasteiger charge is 1.96. The first-order chi connectivity index (χ1) is 5.26. The summed E-state index contributed by atoms with van der Waals surface area (Å²) in [6, 6.07) is 5.12. The lowest BCUT2D eigenvalue weighted by molar-refractivity contribution is 0.474. The Bertz CT molecular complexity index is 230. The number of phenols is 1. The van der Waals surface area contributed by atoms with Gasteiger partial charge in [-0.1, -0.05) is 0 Å². The molecule has 0 radical (unpaired) electrons. The van der Waals surface area contributed by atoms with Crippen molar-refractivity contribution in [2.45, 2.75) is 4.90 Å². The summed E-state index contributed by atoms with van der Waals surface area (Å²) in [5, 5.41) is 9.15. The van der Waals surface area contributed by atoms with Crippen LogP contribution in [0.5, 0.6) is 5.75 Å². The second kappa shape index (κ2) is 3.50. The Morgan fingerprint density at radius 1 is 1.45 bits per heavy atom. The Morgan fingerprint density at radius 2 is 2.18 bits per heavy atom. The van der Waals surface area contributed by atoms with Gasteiger partial charge in [0.2, 0.25) is 0 Å². The van der Waals surface area contributed by atoms with Crippen molar-refractivity contribution in [3.05, 3.63) is 18.2 Å². The van der Waals surface area contributed by atoms with Crippen LogP contribution in [0.4, 0.5) is 5.69 Å². The maximum absolute atomic E-state index is 9.15. The van der Waals surface area contributed by atoms with E-state index in [0.717, 1.165) is 4.90 Å². The van der Waals surface area contributed by atoms with Gasteiger partial charge in [-0.2, -0.15) is 0 Å². The molecule has 1 aromatic carbocycles. The molecule has 0 aliphatic carbocycles. The molecule has 0 atom stereocenters. The summed E-state index contributed by atoms with van der Waals surface area (Å²) in [6.07, 6.45) is 1.94. The van der Waals surface area contributed by atoms with E-state index in [2.05, 4.69) is 5.43 Å². The standard InChI is InChI=1S/C7H10N2OS/c1-11-7-3-5(9-8)2-6(10)4-7/h2-4,9-10H,8H2,1H3. The molecule has 0 heterocycles. The number of nitrogens with one attached hydrogen (secondary N) is 1. The molecule has 0 amide bonds. The minimum atomic E-state index is 0.227. The number of phenolic OH excluding ortho intramolecular Hbond substituents is 1. The van der Waals surface area contributed by atoms with Gasteiger partial charge in [-0.25, -0.2) is 0 Å². The van der Waals surface area contributed by atoms with Crippen molar-refractivity contribution in [2.75, 3.05) is 11.7 Å². The fraction of sp³-hybridized carbons (Fsp3) is 0.143. The summed E-state index contributed by atoms with van der Waals surface area (Å²) in [5.41, 5.74) is 3.19. The zero-order chi connectivity index (χ0) is 8.27. The topological polar surface area (TPSA) is 58.3 Å². The van der Waals surface area contributed by atoms with Gasteiger partial charge < -0.3 is 10.5 Å². The Balaban J connectivity index is 3.02. The van der Waals surface area contributed by atoms with E-state index < -0.39 is 0 Å². The number of aromatic hydroxyl groups is 1. The van der Waals surface area contributed by atoms with E-state index >= 15 is 0 Å². The van der Waals surface area contributed by atoms with Gasteiger partial charge in [0.05, 0.1) is 5.69 Å². The van der Waals surface area contributed by atoms with Crippen molar-refractivity contribution < 1.29 is 5.11 Å². The Morgan fingerprint density at radius 3 is 2.73 bits per heavy atom. The molecule has 0 saturated carbocycles. The first-order valence-corrected chi connectivity index (χ1v) is 4.33. The summed E-state index contributed by atoms with van der Waals surface area (Å²) in [7, 11) is 0. The number of rotatable bonds is 2. The highest BCUT2D eigenvalue weighted by atomic mass is 32.2. The van der Waals surface area contributed by atoms with E-state index in [9.17, 15) is 0 Å². The number of thioether (sulfide) groups is 1. The van der Waals surface area contributed by atoms with Gasteiger partial charge in [-0.15, -0.1) is 11.8 Å². The molecule has 0 fully saturated rings. The van der Waals surface area contributed by atoms with Gasteiger partial charge in [0.25, 0.3) is 0 Å². The third-order valence-corrected chi connectivity index (χ3v) is 2.00. The lowest BCUT2D eigenvalue weighted by atomic mass is 10.3. The lowest BCUT2D eigenvalue weighted by Crippen LogP contribution is -2.06. The predicted molar refractivity (Wildman–Crippen MR) is 47.7 cm³/mol. The summed E-state index contributed by atoms with van der Waals surface area (Å²) >= 11 is 1.56. The van der Waals surface area contributed by atoms with E-state index in [4.69, 9.17) is 10.9 Å². The maximum atomic E-state index is 9.15. The molecule has 1 aromatic rings. The van der Waals surface area contributed by atoms with Crippen LogP contribution in [0.3, 0.4) is 0 Å². The van der Waals surface area contributed by atoms with Gasteiger partial charge in [-0.05, 0) is 18.4 Å². The van der Waals surface area contributed by atoms with E-state index in [1.54, 1.807) is 23.9 Å². The van der Waals surface area contributed by atoms with Crippen LogP contribution in [0.1, 0.15) is 0 Å². The first-order valence-electron chi connectivity index (χ1n) is 3.11. The largest absolute Gasteiger partial charge is 0.508 e. The van der Waals surface area contributed by atoms with Crippen LogP contribution in [-0.2, 0) is 0 Å². The van der Waals surface area contributed by atoms with Gasteiger partial charge in [0.1, 0.15) is 5.75 Å². The highest BCUT2D eigenvalue weighted by Crippen LogP contribution is 2.24. The normalized spacial score (nSPS) is 9.64. The molecule has 60 valence electrons. The van der Waals surface area contributed by atoms with E-state index in [0.29, 0.717) is 5.69 Å². The summed E-state index contributed by atoms with van der Waals surface area (Å²) < 4.78 is 0. The first kappa shape index (κ1) is 8.23. The zero-order valence-electron chi connectivity index (χ0n) is 6.16. The Labute approximate surface area is 69.6 Å². The third kappa shape index (κ3) is 2.03. The minimum Gasteiger partial charge on any atom is -0.508 e. The lowest BCUT2D eigenvalue weighted by Gasteiger charge is -2.02.